The number of hydrogen-bond acceptors (Lipinski definition) is 7. The maximum atomic E-state index is 12.9. The Balaban J connectivity index is 1.42. The molecule has 0 saturated carbocycles. The van der Waals surface area contributed by atoms with Gasteiger partial charge in [0, 0.05) is 5.56 Å². The van der Waals surface area contributed by atoms with E-state index in [4.69, 9.17) is 14.2 Å². The molecule has 0 unspecified atom stereocenters. The van der Waals surface area contributed by atoms with E-state index >= 15 is 0 Å². The number of thiazole rings is 1. The number of carbonyl (C=O) groups excluding carboxylic acids is 1. The molecule has 2 N–H and O–H groups in total. The molecule has 4 aromatic rings. The van der Waals surface area contributed by atoms with Crippen molar-refractivity contribution in [2.45, 2.75) is 0 Å². The molecule has 5 rings (SSSR count). The Morgan fingerprint density at radius 1 is 1.17 bits per heavy atom. The average Bonchev–Trinajstić information content (AvgIpc) is 3.39. The maximum absolute atomic E-state index is 12.9. The van der Waals surface area contributed by atoms with Crippen molar-refractivity contribution in [3.8, 4) is 28.5 Å². The van der Waals surface area contributed by atoms with Crippen LogP contribution in [0.25, 0.3) is 21.5 Å². The Hall–Kier alpha value is -3.59. The zero-order valence-corrected chi connectivity index (χ0v) is 16.2. The molecule has 2 aromatic carbocycles. The second-order valence-electron chi connectivity index (χ2n) is 6.32. The second-order valence-corrected chi connectivity index (χ2v) is 7.35. The van der Waals surface area contributed by atoms with Crippen molar-refractivity contribution < 1.29 is 19.0 Å². The van der Waals surface area contributed by atoms with Gasteiger partial charge in [-0.05, 0) is 36.4 Å². The first-order valence-electron chi connectivity index (χ1n) is 8.90. The molecule has 0 bridgehead atoms. The molecular weight excluding hydrogens is 392 g/mol. The van der Waals surface area contributed by atoms with Crippen LogP contribution < -0.4 is 19.5 Å². The first-order valence-corrected chi connectivity index (χ1v) is 9.72. The molecule has 0 radical (unpaired) electrons. The van der Waals surface area contributed by atoms with Gasteiger partial charge < -0.3 is 14.2 Å². The van der Waals surface area contributed by atoms with Gasteiger partial charge in [-0.3, -0.25) is 15.2 Å². The topological polar surface area (TPSA) is 98.4 Å². The van der Waals surface area contributed by atoms with Crippen molar-refractivity contribution in [3.63, 3.8) is 0 Å². The fourth-order valence-electron chi connectivity index (χ4n) is 3.13. The highest BCUT2D eigenvalue weighted by molar-refractivity contribution is 7.22. The van der Waals surface area contributed by atoms with Crippen LogP contribution in [0.15, 0.2) is 42.6 Å². The van der Waals surface area contributed by atoms with E-state index < -0.39 is 0 Å². The molecule has 0 spiro atoms. The number of H-pyrrole nitrogens is 1. The number of hydrogen-bond donors (Lipinski definition) is 2. The van der Waals surface area contributed by atoms with Crippen LogP contribution >= 0.6 is 11.3 Å². The quantitative estimate of drug-likeness (QED) is 0.534. The lowest BCUT2D eigenvalue weighted by Gasteiger charge is -2.18. The summed E-state index contributed by atoms with van der Waals surface area (Å²) in [5.74, 6) is 1.79. The largest absolute Gasteiger partial charge is 0.497 e. The number of nitrogens with one attached hydrogen (secondary N) is 2. The van der Waals surface area contributed by atoms with Gasteiger partial charge in [0.15, 0.2) is 16.6 Å². The second kappa shape index (κ2) is 7.10. The summed E-state index contributed by atoms with van der Waals surface area (Å²) < 4.78 is 17.3. The number of nitrogens with zero attached hydrogens (tertiary/aromatic N) is 2. The highest BCUT2D eigenvalue weighted by Gasteiger charge is 2.19. The van der Waals surface area contributed by atoms with Crippen LogP contribution in [0.3, 0.4) is 0 Å². The third-order valence-electron chi connectivity index (χ3n) is 4.53. The Bertz CT molecular complexity index is 1220. The molecule has 29 heavy (non-hydrogen) atoms. The van der Waals surface area contributed by atoms with E-state index in [0.717, 1.165) is 21.5 Å². The first kappa shape index (κ1) is 17.5. The Kier molecular flexibility index (Phi) is 4.28. The third kappa shape index (κ3) is 3.25. The van der Waals surface area contributed by atoms with Crippen molar-refractivity contribution in [2.75, 3.05) is 25.6 Å². The molecule has 1 aliphatic heterocycles. The summed E-state index contributed by atoms with van der Waals surface area (Å²) in [6, 6.07) is 11.1. The van der Waals surface area contributed by atoms with Gasteiger partial charge in [-0.2, -0.15) is 5.10 Å². The predicted molar refractivity (Wildman–Crippen MR) is 109 cm³/mol. The average molecular weight is 408 g/mol. The van der Waals surface area contributed by atoms with Crippen LogP contribution in [0, 0.1) is 0 Å². The zero-order valence-electron chi connectivity index (χ0n) is 15.4. The number of carbonyl (C=O) groups is 1. The van der Waals surface area contributed by atoms with Gasteiger partial charge in [0.25, 0.3) is 5.91 Å². The van der Waals surface area contributed by atoms with Gasteiger partial charge in [0.05, 0.1) is 34.8 Å². The van der Waals surface area contributed by atoms with E-state index in [-0.39, 0.29) is 5.91 Å². The standard InChI is InChI=1S/C20H16N4O4S/c1-26-12-3-4-14-17(9-12)29-20(22-14)23-19(25)13-10-21-24-18(13)11-2-5-15-16(8-11)28-7-6-27-15/h2-5,8-10H,6-7H2,1H3,(H,21,24)(H,22,23,25). The summed E-state index contributed by atoms with van der Waals surface area (Å²) in [6.45, 7) is 1.02. The van der Waals surface area contributed by atoms with Crippen molar-refractivity contribution in [1.82, 2.24) is 15.2 Å². The molecule has 0 atom stereocenters. The molecule has 0 fully saturated rings. The lowest BCUT2D eigenvalue weighted by Crippen LogP contribution is -2.15. The molecule has 9 heteroatoms. The highest BCUT2D eigenvalue weighted by atomic mass is 32.1. The lowest BCUT2D eigenvalue weighted by atomic mass is 10.1. The summed E-state index contributed by atoms with van der Waals surface area (Å²) in [6.07, 6.45) is 1.50. The van der Waals surface area contributed by atoms with E-state index in [1.165, 1.54) is 17.5 Å². The summed E-state index contributed by atoms with van der Waals surface area (Å²) in [5, 5.41) is 10.3. The van der Waals surface area contributed by atoms with Gasteiger partial charge in [-0.15, -0.1) is 0 Å². The molecule has 1 amide bonds. The number of ether oxygens (including phenoxy) is 3. The minimum atomic E-state index is -0.297. The fourth-order valence-corrected chi connectivity index (χ4v) is 4.02. The smallest absolute Gasteiger partial charge is 0.261 e. The zero-order chi connectivity index (χ0) is 19.8. The summed E-state index contributed by atoms with van der Waals surface area (Å²) in [7, 11) is 1.61. The molecule has 0 aliphatic carbocycles. The molecule has 146 valence electrons. The van der Waals surface area contributed by atoms with Gasteiger partial charge in [-0.25, -0.2) is 4.98 Å². The fraction of sp³-hybridized carbons (Fsp3) is 0.150. The van der Waals surface area contributed by atoms with E-state index in [0.29, 0.717) is 41.1 Å². The van der Waals surface area contributed by atoms with E-state index in [9.17, 15) is 4.79 Å². The van der Waals surface area contributed by atoms with Crippen LogP contribution in [-0.2, 0) is 0 Å². The normalized spacial score (nSPS) is 12.7. The summed E-state index contributed by atoms with van der Waals surface area (Å²) >= 11 is 1.38. The summed E-state index contributed by atoms with van der Waals surface area (Å²) in [5.41, 5.74) is 2.59. The van der Waals surface area contributed by atoms with Gasteiger partial charge in [0.2, 0.25) is 0 Å². The van der Waals surface area contributed by atoms with Crippen LogP contribution in [-0.4, -0.2) is 41.4 Å². The van der Waals surface area contributed by atoms with Crippen LogP contribution in [0.4, 0.5) is 5.13 Å². The maximum Gasteiger partial charge on any atom is 0.261 e. The minimum absolute atomic E-state index is 0.297. The predicted octanol–water partition coefficient (Wildman–Crippen LogP) is 3.72. The van der Waals surface area contributed by atoms with E-state index in [1.807, 2.05) is 36.4 Å². The minimum Gasteiger partial charge on any atom is -0.497 e. The number of methoxy groups -OCH3 is 1. The monoisotopic (exact) mass is 408 g/mol. The molecule has 2 aromatic heterocycles. The number of aromatic amines is 1. The van der Waals surface area contributed by atoms with E-state index in [1.54, 1.807) is 7.11 Å². The number of rotatable bonds is 4. The summed E-state index contributed by atoms with van der Waals surface area (Å²) in [4.78, 5) is 17.3. The SMILES string of the molecule is COc1ccc2nc(NC(=O)c3cn[nH]c3-c3ccc4c(c3)OCCO4)sc2c1. The molecule has 8 nitrogen and oxygen atoms in total. The number of aromatic nitrogens is 3. The lowest BCUT2D eigenvalue weighted by molar-refractivity contribution is 0.102. The number of anilines is 1. The molecular formula is C20H16N4O4S. The van der Waals surface area contributed by atoms with Crippen molar-refractivity contribution in [3.05, 3.63) is 48.2 Å². The molecule has 3 heterocycles. The molecule has 0 saturated heterocycles. The van der Waals surface area contributed by atoms with Crippen molar-refractivity contribution in [1.29, 1.82) is 0 Å². The Labute approximate surface area is 169 Å². The number of amides is 1. The van der Waals surface area contributed by atoms with Crippen LogP contribution in [0.2, 0.25) is 0 Å². The van der Waals surface area contributed by atoms with Gasteiger partial charge >= 0.3 is 0 Å². The third-order valence-corrected chi connectivity index (χ3v) is 5.46. The molecule has 1 aliphatic rings. The van der Waals surface area contributed by atoms with Crippen molar-refractivity contribution in [2.24, 2.45) is 0 Å². The first-order chi connectivity index (χ1) is 14.2. The number of benzene rings is 2. The highest BCUT2D eigenvalue weighted by Crippen LogP contribution is 2.35. The van der Waals surface area contributed by atoms with Crippen LogP contribution in [0.1, 0.15) is 10.4 Å². The van der Waals surface area contributed by atoms with Gasteiger partial charge in [0.1, 0.15) is 19.0 Å². The van der Waals surface area contributed by atoms with Crippen molar-refractivity contribution >= 4 is 32.6 Å². The van der Waals surface area contributed by atoms with Crippen LogP contribution in [0.5, 0.6) is 17.2 Å². The van der Waals surface area contributed by atoms with E-state index in [2.05, 4.69) is 20.5 Å². The Morgan fingerprint density at radius 2 is 2.03 bits per heavy atom. The number of fused-ring (bicyclic) bond motifs is 2. The van der Waals surface area contributed by atoms with Gasteiger partial charge in [-0.1, -0.05) is 11.3 Å². The Morgan fingerprint density at radius 3 is 2.90 bits per heavy atom.